The molecule has 4 aromatic rings. The monoisotopic (exact) mass is 411 g/mol. The van der Waals surface area contributed by atoms with Crippen molar-refractivity contribution in [1.29, 1.82) is 0 Å². The molecule has 1 N–H and O–H groups in total. The summed E-state index contributed by atoms with van der Waals surface area (Å²) in [7, 11) is 0. The van der Waals surface area contributed by atoms with Crippen LogP contribution in [0.15, 0.2) is 97.6 Å². The number of para-hydroxylation sites is 1. The third-order valence-electron chi connectivity index (χ3n) is 5.38. The van der Waals surface area contributed by atoms with Crippen molar-refractivity contribution < 1.29 is 0 Å². The zero-order valence-corrected chi connectivity index (χ0v) is 17.1. The molecule has 4 heterocycles. The van der Waals surface area contributed by atoms with E-state index < -0.39 is 0 Å². The molecule has 148 valence electrons. The molecule has 5 rings (SSSR count). The average Bonchev–Trinajstić information content (AvgIpc) is 3.39. The minimum Gasteiger partial charge on any atom is -0.351 e. The summed E-state index contributed by atoms with van der Waals surface area (Å²) in [6, 6.07) is 24.5. The van der Waals surface area contributed by atoms with Crippen LogP contribution in [-0.2, 0) is 6.54 Å². The number of nitrogens with zero attached hydrogens (tertiary/aromatic N) is 4. The highest BCUT2D eigenvalue weighted by Crippen LogP contribution is 2.41. The van der Waals surface area contributed by atoms with Gasteiger partial charge in [0.2, 0.25) is 0 Å². The fourth-order valence-corrected chi connectivity index (χ4v) is 4.40. The lowest BCUT2D eigenvalue weighted by Gasteiger charge is -2.29. The molecule has 1 aliphatic rings. The molecule has 1 aliphatic heterocycles. The zero-order chi connectivity index (χ0) is 20.3. The smallest absolute Gasteiger partial charge is 0.174 e. The van der Waals surface area contributed by atoms with Gasteiger partial charge in [-0.3, -0.25) is 9.97 Å². The summed E-state index contributed by atoms with van der Waals surface area (Å²) in [6.45, 7) is 0.747. The van der Waals surface area contributed by atoms with Gasteiger partial charge in [0, 0.05) is 42.7 Å². The lowest BCUT2D eigenvalue weighted by Crippen LogP contribution is -2.30. The van der Waals surface area contributed by atoms with Crippen LogP contribution in [-0.4, -0.2) is 19.6 Å². The van der Waals surface area contributed by atoms with Gasteiger partial charge in [0.25, 0.3) is 0 Å². The van der Waals surface area contributed by atoms with Gasteiger partial charge in [-0.25, -0.2) is 0 Å². The summed E-state index contributed by atoms with van der Waals surface area (Å²) in [5.74, 6) is 0. The number of thiocarbonyl (C=S) groups is 1. The van der Waals surface area contributed by atoms with E-state index in [1.54, 1.807) is 6.20 Å². The van der Waals surface area contributed by atoms with Crippen LogP contribution in [0.4, 0.5) is 5.69 Å². The van der Waals surface area contributed by atoms with E-state index >= 15 is 0 Å². The fourth-order valence-electron chi connectivity index (χ4n) is 4.05. The van der Waals surface area contributed by atoms with Crippen molar-refractivity contribution in [1.82, 2.24) is 19.9 Å². The Morgan fingerprint density at radius 2 is 1.77 bits per heavy atom. The first kappa shape index (κ1) is 18.5. The third-order valence-corrected chi connectivity index (χ3v) is 5.69. The van der Waals surface area contributed by atoms with E-state index in [0.717, 1.165) is 23.5 Å². The number of rotatable bonds is 5. The van der Waals surface area contributed by atoms with Crippen LogP contribution in [0.2, 0.25) is 0 Å². The van der Waals surface area contributed by atoms with E-state index in [1.807, 2.05) is 48.8 Å². The molecule has 1 fully saturated rings. The van der Waals surface area contributed by atoms with E-state index in [4.69, 9.17) is 12.2 Å². The Morgan fingerprint density at radius 3 is 2.53 bits per heavy atom. The molecular formula is C24H21N5S. The van der Waals surface area contributed by atoms with Crippen LogP contribution < -0.4 is 10.2 Å². The Kier molecular flexibility index (Phi) is 4.99. The van der Waals surface area contributed by atoms with E-state index in [9.17, 15) is 0 Å². The molecule has 1 aromatic carbocycles. The van der Waals surface area contributed by atoms with Gasteiger partial charge < -0.3 is 14.8 Å². The average molecular weight is 412 g/mol. The summed E-state index contributed by atoms with van der Waals surface area (Å²) in [5.41, 5.74) is 4.36. The molecule has 0 radical (unpaired) electrons. The first-order valence-corrected chi connectivity index (χ1v) is 10.3. The van der Waals surface area contributed by atoms with E-state index in [2.05, 4.69) is 67.3 Å². The fraction of sp³-hybridized carbons (Fsp3) is 0.125. The van der Waals surface area contributed by atoms with Crippen molar-refractivity contribution in [2.24, 2.45) is 0 Å². The first-order chi connectivity index (χ1) is 14.8. The van der Waals surface area contributed by atoms with Crippen LogP contribution >= 0.6 is 12.2 Å². The molecule has 1 saturated heterocycles. The van der Waals surface area contributed by atoms with Gasteiger partial charge in [-0.2, -0.15) is 0 Å². The van der Waals surface area contributed by atoms with E-state index in [-0.39, 0.29) is 12.1 Å². The van der Waals surface area contributed by atoms with Gasteiger partial charge in [-0.05, 0) is 60.2 Å². The molecule has 0 spiro atoms. The highest BCUT2D eigenvalue weighted by molar-refractivity contribution is 7.80. The van der Waals surface area contributed by atoms with Gasteiger partial charge >= 0.3 is 0 Å². The predicted octanol–water partition coefficient (Wildman–Crippen LogP) is 4.50. The molecule has 30 heavy (non-hydrogen) atoms. The van der Waals surface area contributed by atoms with Gasteiger partial charge in [-0.15, -0.1) is 0 Å². The normalized spacial score (nSPS) is 18.4. The number of benzene rings is 1. The van der Waals surface area contributed by atoms with Crippen molar-refractivity contribution >= 4 is 23.0 Å². The third kappa shape index (κ3) is 3.46. The first-order valence-electron chi connectivity index (χ1n) is 9.91. The van der Waals surface area contributed by atoms with Gasteiger partial charge in [0.15, 0.2) is 5.11 Å². The van der Waals surface area contributed by atoms with Crippen LogP contribution in [0.25, 0.3) is 0 Å². The number of nitrogens with one attached hydrogen (secondary N) is 1. The Balaban J connectivity index is 1.60. The Labute approximate surface area is 181 Å². The maximum atomic E-state index is 5.79. The topological polar surface area (TPSA) is 46.0 Å². The second kappa shape index (κ2) is 8.08. The Morgan fingerprint density at radius 1 is 0.900 bits per heavy atom. The quantitative estimate of drug-likeness (QED) is 0.490. The lowest BCUT2D eigenvalue weighted by molar-refractivity contribution is 0.533. The molecule has 3 aromatic heterocycles. The molecule has 0 unspecified atom stereocenters. The second-order valence-corrected chi connectivity index (χ2v) is 7.64. The van der Waals surface area contributed by atoms with Gasteiger partial charge in [0.05, 0.1) is 11.7 Å². The van der Waals surface area contributed by atoms with Crippen LogP contribution in [0, 0.1) is 0 Å². The summed E-state index contributed by atoms with van der Waals surface area (Å²) in [6.07, 6.45) is 7.65. The van der Waals surface area contributed by atoms with Crippen molar-refractivity contribution in [2.45, 2.75) is 18.6 Å². The molecule has 2 atom stereocenters. The molecule has 0 bridgehead atoms. The molecule has 0 amide bonds. The molecule has 0 saturated carbocycles. The molecule has 0 aliphatic carbocycles. The zero-order valence-electron chi connectivity index (χ0n) is 16.3. The van der Waals surface area contributed by atoms with Crippen molar-refractivity contribution in [3.05, 3.63) is 115 Å². The summed E-state index contributed by atoms with van der Waals surface area (Å²) >= 11 is 5.79. The maximum absolute atomic E-state index is 5.79. The predicted molar refractivity (Wildman–Crippen MR) is 122 cm³/mol. The molecule has 6 heteroatoms. The lowest BCUT2D eigenvalue weighted by atomic mass is 10.0. The van der Waals surface area contributed by atoms with Gasteiger partial charge in [0.1, 0.15) is 6.04 Å². The van der Waals surface area contributed by atoms with Gasteiger partial charge in [-0.1, -0.05) is 30.3 Å². The van der Waals surface area contributed by atoms with Crippen molar-refractivity contribution in [3.63, 3.8) is 0 Å². The SMILES string of the molecule is S=C1N[C@@H](c2ccccn2)[C@H](c2cccn2Cc2cccnc2)N1c1ccccc1. The summed E-state index contributed by atoms with van der Waals surface area (Å²) < 4.78 is 2.27. The molecule has 5 nitrogen and oxygen atoms in total. The minimum absolute atomic E-state index is 0.0264. The minimum atomic E-state index is -0.0542. The standard InChI is InChI=1S/C24H21N5S/c30-24-27-22(20-11-4-5-14-26-20)23(29(24)19-9-2-1-3-10-19)21-12-7-15-28(21)17-18-8-6-13-25-16-18/h1-16,22-23H,17H2,(H,27,30)/t22-,23-/m0/s1. The number of pyridine rings is 2. The maximum Gasteiger partial charge on any atom is 0.174 e. The highest BCUT2D eigenvalue weighted by atomic mass is 32.1. The second-order valence-electron chi connectivity index (χ2n) is 7.25. The number of hydrogen-bond donors (Lipinski definition) is 1. The number of aromatic nitrogens is 3. The largest absolute Gasteiger partial charge is 0.351 e. The van der Waals surface area contributed by atoms with Crippen LogP contribution in [0.5, 0.6) is 0 Å². The molecular weight excluding hydrogens is 390 g/mol. The van der Waals surface area contributed by atoms with E-state index in [0.29, 0.717) is 5.11 Å². The number of anilines is 1. The Hall–Kier alpha value is -3.51. The van der Waals surface area contributed by atoms with Crippen LogP contribution in [0.3, 0.4) is 0 Å². The summed E-state index contributed by atoms with van der Waals surface area (Å²) in [4.78, 5) is 11.1. The van der Waals surface area contributed by atoms with E-state index in [1.165, 1.54) is 5.69 Å². The van der Waals surface area contributed by atoms with Crippen LogP contribution in [0.1, 0.15) is 29.0 Å². The Bertz CT molecular complexity index is 1130. The van der Waals surface area contributed by atoms with Crippen molar-refractivity contribution in [3.8, 4) is 0 Å². The van der Waals surface area contributed by atoms with Crippen molar-refractivity contribution in [2.75, 3.05) is 4.90 Å². The highest BCUT2D eigenvalue weighted by Gasteiger charge is 2.41. The number of hydrogen-bond acceptors (Lipinski definition) is 3. The summed E-state index contributed by atoms with van der Waals surface area (Å²) in [5, 5.41) is 4.22.